The van der Waals surface area contributed by atoms with Crippen LogP contribution in [0.25, 0.3) is 0 Å². The zero-order valence-corrected chi connectivity index (χ0v) is 8.17. The number of likely N-dealkylation sites (N-methyl/N-ethyl adjacent to an activating group) is 1. The van der Waals surface area contributed by atoms with Gasteiger partial charge in [-0.25, -0.2) is 0 Å². The van der Waals surface area contributed by atoms with Gasteiger partial charge in [0.15, 0.2) is 0 Å². The highest BCUT2D eigenvalue weighted by atomic mass is 32.2. The Morgan fingerprint density at radius 3 is 2.00 bits per heavy atom. The summed E-state index contributed by atoms with van der Waals surface area (Å²) in [6.07, 6.45) is 2.34. The maximum absolute atomic E-state index is 9.95. The number of carbonyl (C=O) groups is 1. The molecule has 0 saturated heterocycles. The van der Waals surface area contributed by atoms with Crippen LogP contribution >= 0.6 is 0 Å². The summed E-state index contributed by atoms with van der Waals surface area (Å²) in [6.45, 7) is 6.33. The molecule has 2 N–H and O–H groups in total. The van der Waals surface area contributed by atoms with Gasteiger partial charge in [0.05, 0.1) is 5.75 Å². The van der Waals surface area contributed by atoms with Crippen LogP contribution in [0, 0.1) is 0 Å². The maximum atomic E-state index is 9.95. The Kier molecular flexibility index (Phi) is 8.31. The smallest absolute Gasteiger partial charge is 0.268 e. The third kappa shape index (κ3) is 18.1. The first-order chi connectivity index (χ1) is 5.87. The van der Waals surface area contributed by atoms with Gasteiger partial charge in [-0.05, 0) is 6.08 Å². The fraction of sp³-hybridized carbons (Fsp3) is 0.286. The first-order valence-corrected chi connectivity index (χ1v) is 4.88. The fourth-order valence-corrected chi connectivity index (χ4v) is 0.549. The fourth-order valence-electron chi connectivity index (χ4n) is 0.251. The third-order valence-electron chi connectivity index (χ3n) is 0.760. The lowest BCUT2D eigenvalue weighted by molar-refractivity contribution is -0.116. The van der Waals surface area contributed by atoms with Gasteiger partial charge in [-0.1, -0.05) is 12.7 Å². The van der Waals surface area contributed by atoms with Crippen molar-refractivity contribution in [3.63, 3.8) is 0 Å². The number of carbonyl (C=O) groups excluding carboxylic acids is 1. The number of nitrogens with one attached hydrogen (secondary N) is 1. The van der Waals surface area contributed by atoms with E-state index in [1.807, 2.05) is 0 Å². The molecule has 0 radical (unpaired) electrons. The zero-order chi connectivity index (χ0) is 10.9. The van der Waals surface area contributed by atoms with Crippen LogP contribution in [-0.4, -0.2) is 31.7 Å². The van der Waals surface area contributed by atoms with E-state index in [0.29, 0.717) is 0 Å². The lowest BCUT2D eigenvalue weighted by atomic mass is 10.6. The molecule has 76 valence electrons. The molecule has 0 bridgehead atoms. The third-order valence-corrected chi connectivity index (χ3v) is 1.42. The van der Waals surface area contributed by atoms with Gasteiger partial charge in [0, 0.05) is 7.05 Å². The van der Waals surface area contributed by atoms with E-state index in [1.165, 1.54) is 6.08 Å². The number of amides is 1. The van der Waals surface area contributed by atoms with E-state index in [9.17, 15) is 13.2 Å². The van der Waals surface area contributed by atoms with E-state index in [2.05, 4.69) is 18.5 Å². The van der Waals surface area contributed by atoms with Crippen molar-refractivity contribution < 1.29 is 17.8 Å². The van der Waals surface area contributed by atoms with Gasteiger partial charge in [0.25, 0.3) is 10.1 Å². The first kappa shape index (κ1) is 14.4. The van der Waals surface area contributed by atoms with Gasteiger partial charge in [-0.15, -0.1) is 6.58 Å². The first-order valence-electron chi connectivity index (χ1n) is 3.27. The molecule has 0 heterocycles. The normalized spacial score (nSPS) is 9.08. The molecule has 0 saturated carbocycles. The van der Waals surface area contributed by atoms with Crippen molar-refractivity contribution in [3.05, 3.63) is 25.3 Å². The minimum atomic E-state index is -3.79. The maximum Gasteiger partial charge on any atom is 0.268 e. The predicted molar refractivity (Wildman–Crippen MR) is 50.9 cm³/mol. The molecule has 0 spiro atoms. The Hall–Kier alpha value is -1.14. The highest BCUT2D eigenvalue weighted by Gasteiger charge is 1.95. The Balaban J connectivity index is 0. The molecule has 6 heteroatoms. The van der Waals surface area contributed by atoms with Gasteiger partial charge in [-0.2, -0.15) is 8.42 Å². The largest absolute Gasteiger partial charge is 0.356 e. The minimum absolute atomic E-state index is 0.144. The summed E-state index contributed by atoms with van der Waals surface area (Å²) in [5.41, 5.74) is 0. The second kappa shape index (κ2) is 7.51. The number of hydrogen-bond donors (Lipinski definition) is 2. The van der Waals surface area contributed by atoms with Crippen LogP contribution in [0.4, 0.5) is 0 Å². The molecule has 5 nitrogen and oxygen atoms in total. The standard InChI is InChI=1S/C4H7NO.C3H6O3S/c1-3-4(6)5-2;1-2-3-7(4,5)6/h3H,1H2,2H3,(H,5,6);2H,1,3H2,(H,4,5,6). The summed E-state index contributed by atoms with van der Waals surface area (Å²) < 4.78 is 27.3. The topological polar surface area (TPSA) is 83.5 Å². The highest BCUT2D eigenvalue weighted by Crippen LogP contribution is 1.78. The monoisotopic (exact) mass is 207 g/mol. The Morgan fingerprint density at radius 2 is 2.00 bits per heavy atom. The van der Waals surface area contributed by atoms with Gasteiger partial charge >= 0.3 is 0 Å². The lowest BCUT2D eigenvalue weighted by Gasteiger charge is -1.82. The Morgan fingerprint density at radius 1 is 1.54 bits per heavy atom. The van der Waals surface area contributed by atoms with Crippen LogP contribution < -0.4 is 5.32 Å². The Labute approximate surface area is 77.9 Å². The zero-order valence-electron chi connectivity index (χ0n) is 7.36. The van der Waals surface area contributed by atoms with Crippen molar-refractivity contribution in [2.45, 2.75) is 0 Å². The van der Waals surface area contributed by atoms with Gasteiger partial charge in [-0.3, -0.25) is 9.35 Å². The van der Waals surface area contributed by atoms with Crippen LogP contribution in [0.15, 0.2) is 25.3 Å². The second-order valence-electron chi connectivity index (χ2n) is 1.86. The van der Waals surface area contributed by atoms with Crippen molar-refractivity contribution in [2.24, 2.45) is 0 Å². The molecule has 0 aliphatic heterocycles. The van der Waals surface area contributed by atoms with Gasteiger partial charge in [0.1, 0.15) is 0 Å². The molecule has 13 heavy (non-hydrogen) atoms. The molecule has 0 aromatic heterocycles. The highest BCUT2D eigenvalue weighted by molar-refractivity contribution is 7.85. The quantitative estimate of drug-likeness (QED) is 0.387. The van der Waals surface area contributed by atoms with Crippen LogP contribution in [0.1, 0.15) is 0 Å². The van der Waals surface area contributed by atoms with Crippen LogP contribution in [0.2, 0.25) is 0 Å². The molecule has 0 aromatic carbocycles. The van der Waals surface area contributed by atoms with Crippen molar-refractivity contribution in [3.8, 4) is 0 Å². The van der Waals surface area contributed by atoms with Crippen LogP contribution in [0.3, 0.4) is 0 Å². The molecule has 0 fully saturated rings. The van der Waals surface area contributed by atoms with Crippen molar-refractivity contribution >= 4 is 16.0 Å². The molecule has 1 amide bonds. The molecule has 0 aromatic rings. The summed E-state index contributed by atoms with van der Waals surface area (Å²) in [5.74, 6) is -0.512. The van der Waals surface area contributed by atoms with E-state index >= 15 is 0 Å². The van der Waals surface area contributed by atoms with Gasteiger partial charge in [0.2, 0.25) is 5.91 Å². The molecule has 0 atom stereocenters. The molecule has 0 rings (SSSR count). The minimum Gasteiger partial charge on any atom is -0.356 e. The lowest BCUT2D eigenvalue weighted by Crippen LogP contribution is -2.13. The van der Waals surface area contributed by atoms with E-state index in [0.717, 1.165) is 6.08 Å². The summed E-state index contributed by atoms with van der Waals surface area (Å²) in [4.78, 5) is 9.95. The summed E-state index contributed by atoms with van der Waals surface area (Å²) in [6, 6.07) is 0. The second-order valence-corrected chi connectivity index (χ2v) is 3.35. The average Bonchev–Trinajstić information content (AvgIpc) is 2.02. The van der Waals surface area contributed by atoms with Crippen LogP contribution in [0.5, 0.6) is 0 Å². The molecule has 0 unspecified atom stereocenters. The summed E-state index contributed by atoms with van der Waals surface area (Å²) in [5, 5.41) is 2.36. The molecule has 0 aliphatic carbocycles. The summed E-state index contributed by atoms with van der Waals surface area (Å²) in [7, 11) is -2.23. The molecule has 0 aliphatic rings. The van der Waals surface area contributed by atoms with E-state index < -0.39 is 10.1 Å². The van der Waals surface area contributed by atoms with E-state index in [4.69, 9.17) is 4.55 Å². The molecular formula is C7H13NO4S. The van der Waals surface area contributed by atoms with Crippen molar-refractivity contribution in [1.82, 2.24) is 5.32 Å². The average molecular weight is 207 g/mol. The Bertz CT molecular complexity index is 268. The van der Waals surface area contributed by atoms with E-state index in [1.54, 1.807) is 7.05 Å². The summed E-state index contributed by atoms with van der Waals surface area (Å²) >= 11 is 0. The van der Waals surface area contributed by atoms with Gasteiger partial charge < -0.3 is 5.32 Å². The number of hydrogen-bond acceptors (Lipinski definition) is 3. The molecular weight excluding hydrogens is 194 g/mol. The SMILES string of the molecule is C=CC(=O)NC.C=CCS(=O)(=O)O. The number of rotatable bonds is 3. The van der Waals surface area contributed by atoms with Crippen molar-refractivity contribution in [1.29, 1.82) is 0 Å². The van der Waals surface area contributed by atoms with Crippen molar-refractivity contribution in [2.75, 3.05) is 12.8 Å². The van der Waals surface area contributed by atoms with Crippen LogP contribution in [-0.2, 0) is 14.9 Å². The predicted octanol–water partition coefficient (Wildman–Crippen LogP) is -0.0214. The van der Waals surface area contributed by atoms with E-state index in [-0.39, 0.29) is 11.7 Å².